The van der Waals surface area contributed by atoms with Crippen molar-refractivity contribution in [2.75, 3.05) is 19.0 Å². The number of hydrogen-bond acceptors (Lipinski definition) is 7. The fraction of sp³-hybridized carbons (Fsp3) is 0.500. The molecule has 0 aliphatic rings. The maximum Gasteiger partial charge on any atom is 0.197 e. The summed E-state index contributed by atoms with van der Waals surface area (Å²) in [5.41, 5.74) is 0. The summed E-state index contributed by atoms with van der Waals surface area (Å²) in [7, 11) is 3.53. The first kappa shape index (κ1) is 14.6. The molecule has 108 valence electrons. The summed E-state index contributed by atoms with van der Waals surface area (Å²) in [6, 6.07) is 0. The van der Waals surface area contributed by atoms with E-state index in [-0.39, 0.29) is 0 Å². The van der Waals surface area contributed by atoms with Crippen molar-refractivity contribution in [1.82, 2.24) is 24.7 Å². The van der Waals surface area contributed by atoms with E-state index in [9.17, 15) is 0 Å². The Morgan fingerprint density at radius 1 is 1.35 bits per heavy atom. The molecular formula is C12H18N6OS. The van der Waals surface area contributed by atoms with Gasteiger partial charge < -0.3 is 14.6 Å². The van der Waals surface area contributed by atoms with Gasteiger partial charge in [0, 0.05) is 13.6 Å². The monoisotopic (exact) mass is 294 g/mol. The van der Waals surface area contributed by atoms with Crippen LogP contribution in [0, 0.1) is 6.92 Å². The summed E-state index contributed by atoms with van der Waals surface area (Å²) in [6.45, 7) is 4.84. The standard InChI is InChI=1S/C12H18N6OS/c1-5-6-13-10-9(19-4)11(15-7-14-10)20-12-17-16-8(2)18(12)3/h7H,5-6H2,1-4H3,(H,13,14,15). The molecule has 0 bridgehead atoms. The van der Waals surface area contributed by atoms with Crippen molar-refractivity contribution in [2.45, 2.75) is 30.5 Å². The van der Waals surface area contributed by atoms with Gasteiger partial charge in [-0.2, -0.15) is 0 Å². The molecule has 20 heavy (non-hydrogen) atoms. The quantitative estimate of drug-likeness (QED) is 0.815. The lowest BCUT2D eigenvalue weighted by Crippen LogP contribution is -2.05. The highest BCUT2D eigenvalue weighted by molar-refractivity contribution is 7.99. The molecule has 0 atom stereocenters. The minimum atomic E-state index is 0.631. The highest BCUT2D eigenvalue weighted by atomic mass is 32.2. The van der Waals surface area contributed by atoms with E-state index < -0.39 is 0 Å². The molecular weight excluding hydrogens is 276 g/mol. The van der Waals surface area contributed by atoms with Gasteiger partial charge in [-0.15, -0.1) is 10.2 Å². The maximum atomic E-state index is 5.43. The zero-order chi connectivity index (χ0) is 14.5. The van der Waals surface area contributed by atoms with Crippen LogP contribution in [0.25, 0.3) is 0 Å². The minimum Gasteiger partial charge on any atom is -0.490 e. The first-order chi connectivity index (χ1) is 9.67. The van der Waals surface area contributed by atoms with Crippen molar-refractivity contribution in [1.29, 1.82) is 0 Å². The van der Waals surface area contributed by atoms with Crippen LogP contribution in [0.1, 0.15) is 19.2 Å². The second kappa shape index (κ2) is 6.56. The number of anilines is 1. The molecule has 2 aromatic heterocycles. The van der Waals surface area contributed by atoms with Crippen LogP contribution in [0.5, 0.6) is 5.75 Å². The number of nitrogens with zero attached hydrogens (tertiary/aromatic N) is 5. The average Bonchev–Trinajstić information content (AvgIpc) is 2.77. The number of aryl methyl sites for hydroxylation is 1. The summed E-state index contributed by atoms with van der Waals surface area (Å²) < 4.78 is 7.33. The molecule has 0 saturated carbocycles. The van der Waals surface area contributed by atoms with Gasteiger partial charge in [0.2, 0.25) is 0 Å². The molecule has 2 aromatic rings. The Kier molecular flexibility index (Phi) is 4.78. The lowest BCUT2D eigenvalue weighted by atomic mass is 10.4. The smallest absolute Gasteiger partial charge is 0.197 e. The molecule has 0 amide bonds. The Hall–Kier alpha value is -1.83. The molecule has 0 aliphatic heterocycles. The van der Waals surface area contributed by atoms with Crippen LogP contribution in [0.3, 0.4) is 0 Å². The van der Waals surface area contributed by atoms with E-state index in [1.54, 1.807) is 7.11 Å². The highest BCUT2D eigenvalue weighted by Crippen LogP contribution is 2.35. The van der Waals surface area contributed by atoms with E-state index in [4.69, 9.17) is 4.74 Å². The lowest BCUT2D eigenvalue weighted by molar-refractivity contribution is 0.400. The van der Waals surface area contributed by atoms with Crippen molar-refractivity contribution in [3.05, 3.63) is 12.2 Å². The number of ether oxygens (including phenoxy) is 1. The molecule has 2 heterocycles. The van der Waals surface area contributed by atoms with Gasteiger partial charge in [0.1, 0.15) is 12.2 Å². The fourth-order valence-corrected chi connectivity index (χ4v) is 2.44. The SMILES string of the molecule is CCCNc1ncnc(Sc2nnc(C)n2C)c1OC. The zero-order valence-electron chi connectivity index (χ0n) is 12.0. The first-order valence-corrected chi connectivity index (χ1v) is 7.15. The average molecular weight is 294 g/mol. The largest absolute Gasteiger partial charge is 0.490 e. The molecule has 0 aliphatic carbocycles. The summed E-state index contributed by atoms with van der Waals surface area (Å²) in [5.74, 6) is 2.18. The van der Waals surface area contributed by atoms with Crippen LogP contribution in [-0.4, -0.2) is 38.4 Å². The molecule has 0 radical (unpaired) electrons. The predicted molar refractivity (Wildman–Crippen MR) is 77.2 cm³/mol. The summed E-state index contributed by atoms with van der Waals surface area (Å²) in [6.07, 6.45) is 2.53. The molecule has 0 fully saturated rings. The van der Waals surface area contributed by atoms with Crippen LogP contribution in [0.15, 0.2) is 16.5 Å². The van der Waals surface area contributed by atoms with E-state index in [0.717, 1.165) is 29.0 Å². The molecule has 0 spiro atoms. The van der Waals surface area contributed by atoms with E-state index in [1.807, 2.05) is 18.5 Å². The molecule has 0 unspecified atom stereocenters. The zero-order valence-corrected chi connectivity index (χ0v) is 12.9. The predicted octanol–water partition coefficient (Wildman–Crippen LogP) is 1.90. The molecule has 0 saturated heterocycles. The van der Waals surface area contributed by atoms with Crippen LogP contribution >= 0.6 is 11.8 Å². The van der Waals surface area contributed by atoms with Gasteiger partial charge in [0.25, 0.3) is 0 Å². The number of aromatic nitrogens is 5. The summed E-state index contributed by atoms with van der Waals surface area (Å²) in [4.78, 5) is 8.48. The second-order valence-electron chi connectivity index (χ2n) is 4.18. The fourth-order valence-electron chi connectivity index (χ4n) is 1.55. The van der Waals surface area contributed by atoms with Crippen molar-refractivity contribution < 1.29 is 4.74 Å². The van der Waals surface area contributed by atoms with E-state index in [0.29, 0.717) is 11.6 Å². The Morgan fingerprint density at radius 2 is 2.15 bits per heavy atom. The van der Waals surface area contributed by atoms with Gasteiger partial charge in [0.05, 0.1) is 7.11 Å². The Morgan fingerprint density at radius 3 is 2.75 bits per heavy atom. The van der Waals surface area contributed by atoms with Gasteiger partial charge >= 0.3 is 0 Å². The molecule has 0 aromatic carbocycles. The van der Waals surface area contributed by atoms with Crippen molar-refractivity contribution in [3.63, 3.8) is 0 Å². The number of methoxy groups -OCH3 is 1. The van der Waals surface area contributed by atoms with E-state index >= 15 is 0 Å². The van der Waals surface area contributed by atoms with Crippen LogP contribution in [-0.2, 0) is 7.05 Å². The van der Waals surface area contributed by atoms with Gasteiger partial charge in [-0.25, -0.2) is 9.97 Å². The molecule has 7 nitrogen and oxygen atoms in total. The van der Waals surface area contributed by atoms with Gasteiger partial charge in [-0.1, -0.05) is 6.92 Å². The highest BCUT2D eigenvalue weighted by Gasteiger charge is 2.16. The Bertz CT molecular complexity index is 585. The number of rotatable bonds is 6. The van der Waals surface area contributed by atoms with Crippen molar-refractivity contribution in [2.24, 2.45) is 7.05 Å². The van der Waals surface area contributed by atoms with E-state index in [1.165, 1.54) is 18.1 Å². The third-order valence-corrected chi connectivity index (χ3v) is 3.78. The van der Waals surface area contributed by atoms with E-state index in [2.05, 4.69) is 32.4 Å². The summed E-state index contributed by atoms with van der Waals surface area (Å²) >= 11 is 1.41. The van der Waals surface area contributed by atoms with Crippen molar-refractivity contribution in [3.8, 4) is 5.75 Å². The van der Waals surface area contributed by atoms with Crippen LogP contribution < -0.4 is 10.1 Å². The Balaban J connectivity index is 2.29. The van der Waals surface area contributed by atoms with Crippen LogP contribution in [0.4, 0.5) is 5.82 Å². The normalized spacial score (nSPS) is 10.6. The third kappa shape index (κ3) is 3.01. The van der Waals surface area contributed by atoms with Gasteiger partial charge in [0.15, 0.2) is 21.7 Å². The molecule has 2 rings (SSSR count). The molecule has 1 N–H and O–H groups in total. The Labute approximate surface area is 122 Å². The first-order valence-electron chi connectivity index (χ1n) is 6.34. The lowest BCUT2D eigenvalue weighted by Gasteiger charge is -2.11. The van der Waals surface area contributed by atoms with Gasteiger partial charge in [-0.3, -0.25) is 0 Å². The molecule has 8 heteroatoms. The van der Waals surface area contributed by atoms with Crippen molar-refractivity contribution >= 4 is 17.6 Å². The minimum absolute atomic E-state index is 0.631. The topological polar surface area (TPSA) is 77.8 Å². The van der Waals surface area contributed by atoms with Crippen LogP contribution in [0.2, 0.25) is 0 Å². The summed E-state index contributed by atoms with van der Waals surface area (Å²) in [5, 5.41) is 12.9. The second-order valence-corrected chi connectivity index (χ2v) is 5.13. The number of hydrogen-bond donors (Lipinski definition) is 1. The van der Waals surface area contributed by atoms with Gasteiger partial charge in [-0.05, 0) is 25.1 Å². The third-order valence-electron chi connectivity index (χ3n) is 2.76. The maximum absolute atomic E-state index is 5.43. The number of nitrogens with one attached hydrogen (secondary N) is 1.